The van der Waals surface area contributed by atoms with E-state index >= 15 is 0 Å². The number of carbonyl (C=O) groups excluding carboxylic acids is 1. The lowest BCUT2D eigenvalue weighted by atomic mass is 10.2. The Morgan fingerprint density at radius 2 is 2.09 bits per heavy atom. The van der Waals surface area contributed by atoms with Gasteiger partial charge in [-0.1, -0.05) is 32.1 Å². The summed E-state index contributed by atoms with van der Waals surface area (Å²) in [5, 5.41) is 0. The number of hydrogen-bond acceptors (Lipinski definition) is 5. The van der Waals surface area contributed by atoms with Crippen LogP contribution in [0.1, 0.15) is 32.6 Å². The second-order valence-electron chi connectivity index (χ2n) is 5.47. The fraction of sp³-hybridized carbons (Fsp3) is 0.800. The van der Waals surface area contributed by atoms with Gasteiger partial charge in [-0.2, -0.15) is 4.31 Å². The Kier molecular flexibility index (Phi) is 7.87. The molecule has 1 saturated heterocycles. The van der Waals surface area contributed by atoms with Gasteiger partial charge in [-0.25, -0.2) is 8.42 Å². The molecule has 0 aliphatic carbocycles. The van der Waals surface area contributed by atoms with Gasteiger partial charge in [-0.15, -0.1) is 6.42 Å². The molecule has 1 unspecified atom stereocenters. The van der Waals surface area contributed by atoms with Gasteiger partial charge in [0.15, 0.2) is 0 Å². The van der Waals surface area contributed by atoms with Crippen LogP contribution in [-0.2, 0) is 19.6 Å². The van der Waals surface area contributed by atoms with Gasteiger partial charge in [-0.05, 0) is 13.0 Å². The number of esters is 1. The number of rotatable bonds is 7. The smallest absolute Gasteiger partial charge is 0.325 e. The molecule has 0 aromatic rings. The van der Waals surface area contributed by atoms with Crippen LogP contribution in [0.25, 0.3) is 0 Å². The van der Waals surface area contributed by atoms with Gasteiger partial charge in [0, 0.05) is 13.1 Å². The Bertz CT molecular complexity index is 498. The van der Waals surface area contributed by atoms with E-state index in [1.807, 2.05) is 4.90 Å². The molecule has 126 valence electrons. The van der Waals surface area contributed by atoms with Gasteiger partial charge in [0.05, 0.1) is 19.4 Å². The molecule has 22 heavy (non-hydrogen) atoms. The predicted octanol–water partition coefficient (Wildman–Crippen LogP) is 0.689. The number of sulfonamides is 1. The molecule has 6 nitrogen and oxygen atoms in total. The highest BCUT2D eigenvalue weighted by Gasteiger charge is 2.39. The average molecular weight is 330 g/mol. The third-order valence-corrected chi connectivity index (χ3v) is 5.65. The highest BCUT2D eigenvalue weighted by atomic mass is 32.2. The van der Waals surface area contributed by atoms with E-state index < -0.39 is 22.0 Å². The van der Waals surface area contributed by atoms with Crippen LogP contribution in [0.4, 0.5) is 0 Å². The molecular formula is C15H26N2O4S. The van der Waals surface area contributed by atoms with Crippen LogP contribution < -0.4 is 0 Å². The summed E-state index contributed by atoms with van der Waals surface area (Å²) >= 11 is 0. The van der Waals surface area contributed by atoms with Crippen molar-refractivity contribution < 1.29 is 17.9 Å². The topological polar surface area (TPSA) is 66.9 Å². The zero-order valence-electron chi connectivity index (χ0n) is 13.5. The van der Waals surface area contributed by atoms with Crippen molar-refractivity contribution in [2.24, 2.45) is 0 Å². The van der Waals surface area contributed by atoms with E-state index in [9.17, 15) is 13.2 Å². The van der Waals surface area contributed by atoms with Crippen molar-refractivity contribution in [2.45, 2.75) is 38.6 Å². The molecule has 1 rings (SSSR count). The molecular weight excluding hydrogens is 304 g/mol. The van der Waals surface area contributed by atoms with Crippen molar-refractivity contribution >= 4 is 16.0 Å². The maximum atomic E-state index is 12.3. The van der Waals surface area contributed by atoms with Gasteiger partial charge < -0.3 is 9.64 Å². The summed E-state index contributed by atoms with van der Waals surface area (Å²) < 4.78 is 30.5. The quantitative estimate of drug-likeness (QED) is 0.390. The molecule has 1 aliphatic rings. The fourth-order valence-corrected chi connectivity index (χ4v) is 4.11. The Labute approximate surface area is 133 Å². The molecule has 1 fully saturated rings. The van der Waals surface area contributed by atoms with E-state index in [4.69, 9.17) is 11.2 Å². The maximum Gasteiger partial charge on any atom is 0.325 e. The van der Waals surface area contributed by atoms with E-state index in [1.165, 1.54) is 7.11 Å². The fourth-order valence-electron chi connectivity index (χ4n) is 2.57. The zero-order chi connectivity index (χ0) is 16.6. The largest absolute Gasteiger partial charge is 0.468 e. The van der Waals surface area contributed by atoms with Crippen LogP contribution in [-0.4, -0.2) is 68.7 Å². The predicted molar refractivity (Wildman–Crippen MR) is 85.7 cm³/mol. The summed E-state index contributed by atoms with van der Waals surface area (Å²) in [5.74, 6) is 1.75. The van der Waals surface area contributed by atoms with Crippen molar-refractivity contribution in [3.05, 3.63) is 0 Å². The zero-order valence-corrected chi connectivity index (χ0v) is 14.3. The van der Waals surface area contributed by atoms with Gasteiger partial charge >= 0.3 is 5.97 Å². The number of ether oxygens (including phenoxy) is 1. The summed E-state index contributed by atoms with van der Waals surface area (Å²) in [6.07, 6.45) is 9.68. The molecule has 0 radical (unpaired) electrons. The average Bonchev–Trinajstić information content (AvgIpc) is 2.62. The van der Waals surface area contributed by atoms with E-state index in [-0.39, 0.29) is 12.3 Å². The Morgan fingerprint density at radius 3 is 2.68 bits per heavy atom. The molecule has 1 atom stereocenters. The molecule has 1 aliphatic heterocycles. The molecule has 0 aromatic carbocycles. The SMILES string of the molecule is C#CCN1C(C(=O)OC)CN(CCCCCC)CCS1(=O)=O. The first kappa shape index (κ1) is 18.9. The molecule has 0 amide bonds. The summed E-state index contributed by atoms with van der Waals surface area (Å²) in [5.41, 5.74) is 0. The van der Waals surface area contributed by atoms with E-state index in [1.54, 1.807) is 0 Å². The Morgan fingerprint density at radius 1 is 1.36 bits per heavy atom. The lowest BCUT2D eigenvalue weighted by Gasteiger charge is -2.27. The van der Waals surface area contributed by atoms with Gasteiger partial charge in [-0.3, -0.25) is 4.79 Å². The third kappa shape index (κ3) is 5.27. The minimum Gasteiger partial charge on any atom is -0.468 e. The van der Waals surface area contributed by atoms with Crippen LogP contribution in [0.2, 0.25) is 0 Å². The van der Waals surface area contributed by atoms with Crippen LogP contribution >= 0.6 is 0 Å². The minimum absolute atomic E-state index is 0.0179. The van der Waals surface area contributed by atoms with Crippen molar-refractivity contribution in [1.82, 2.24) is 9.21 Å². The number of carbonyl (C=O) groups is 1. The molecule has 0 bridgehead atoms. The van der Waals surface area contributed by atoms with Crippen molar-refractivity contribution in [1.29, 1.82) is 0 Å². The number of terminal acetylenes is 1. The summed E-state index contributed by atoms with van der Waals surface area (Å²) in [6, 6.07) is -0.861. The van der Waals surface area contributed by atoms with Crippen LogP contribution in [0, 0.1) is 12.3 Å². The monoisotopic (exact) mass is 330 g/mol. The Hall–Kier alpha value is -1.10. The first-order valence-corrected chi connectivity index (χ1v) is 9.30. The van der Waals surface area contributed by atoms with Crippen molar-refractivity contribution in [3.8, 4) is 12.3 Å². The second-order valence-corrected chi connectivity index (χ2v) is 7.51. The van der Waals surface area contributed by atoms with Crippen LogP contribution in [0.5, 0.6) is 0 Å². The van der Waals surface area contributed by atoms with E-state index in [0.717, 1.165) is 36.5 Å². The number of nitrogens with zero attached hydrogens (tertiary/aromatic N) is 2. The van der Waals surface area contributed by atoms with E-state index in [0.29, 0.717) is 13.1 Å². The molecule has 0 aromatic heterocycles. The van der Waals surface area contributed by atoms with Crippen LogP contribution in [0.15, 0.2) is 0 Å². The molecule has 0 saturated carbocycles. The maximum absolute atomic E-state index is 12.3. The summed E-state index contributed by atoms with van der Waals surface area (Å²) in [4.78, 5) is 14.0. The lowest BCUT2D eigenvalue weighted by molar-refractivity contribution is -0.145. The Balaban J connectivity index is 2.85. The summed E-state index contributed by atoms with van der Waals surface area (Å²) in [6.45, 7) is 3.57. The number of methoxy groups -OCH3 is 1. The summed E-state index contributed by atoms with van der Waals surface area (Å²) in [7, 11) is -2.28. The molecule has 7 heteroatoms. The van der Waals surface area contributed by atoms with Crippen LogP contribution in [0.3, 0.4) is 0 Å². The van der Waals surface area contributed by atoms with Gasteiger partial charge in [0.2, 0.25) is 10.0 Å². The standard InChI is InChI=1S/C15H26N2O4S/c1-4-6-7-8-10-16-11-12-22(19,20)17(9-5-2)14(13-16)15(18)21-3/h2,14H,4,6-13H2,1,3H3. The molecule has 0 N–H and O–H groups in total. The normalized spacial score (nSPS) is 22.7. The van der Waals surface area contributed by atoms with Crippen molar-refractivity contribution in [2.75, 3.05) is 39.0 Å². The van der Waals surface area contributed by atoms with E-state index in [2.05, 4.69) is 12.8 Å². The number of hydrogen-bond donors (Lipinski definition) is 0. The highest BCUT2D eigenvalue weighted by Crippen LogP contribution is 2.16. The molecule has 1 heterocycles. The third-order valence-electron chi connectivity index (χ3n) is 3.85. The minimum atomic E-state index is -3.55. The highest BCUT2D eigenvalue weighted by molar-refractivity contribution is 7.89. The van der Waals surface area contributed by atoms with Gasteiger partial charge in [0.25, 0.3) is 0 Å². The van der Waals surface area contributed by atoms with Crippen molar-refractivity contribution in [3.63, 3.8) is 0 Å². The first-order chi connectivity index (χ1) is 10.5. The number of unbranched alkanes of at least 4 members (excludes halogenated alkanes) is 3. The lowest BCUT2D eigenvalue weighted by Crippen LogP contribution is -2.49. The molecule has 0 spiro atoms. The van der Waals surface area contributed by atoms with Gasteiger partial charge in [0.1, 0.15) is 6.04 Å². The second kappa shape index (κ2) is 9.13. The first-order valence-electron chi connectivity index (χ1n) is 7.69.